The molecule has 1 atom stereocenters. The van der Waals surface area contributed by atoms with E-state index in [0.29, 0.717) is 11.5 Å². The van der Waals surface area contributed by atoms with Crippen LogP contribution < -0.4 is 0 Å². The lowest BCUT2D eigenvalue weighted by molar-refractivity contribution is 0.0600. The molecule has 0 aliphatic rings. The van der Waals surface area contributed by atoms with Crippen molar-refractivity contribution in [1.82, 2.24) is 14.6 Å². The molecule has 0 bridgehead atoms. The molecule has 0 amide bonds. The fraction of sp³-hybridized carbons (Fsp3) is 0.533. The number of nitrogens with zero attached hydrogens (tertiary/aromatic N) is 3. The molecule has 0 spiro atoms. The van der Waals surface area contributed by atoms with Gasteiger partial charge in [0.25, 0.3) is 0 Å². The number of hydrogen-bond donors (Lipinski definition) is 0. The quantitative estimate of drug-likeness (QED) is 0.808. The Morgan fingerprint density at radius 2 is 2.05 bits per heavy atom. The molecule has 5 heteroatoms. The maximum atomic E-state index is 11.6. The Kier molecular flexibility index (Phi) is 3.79. The Morgan fingerprint density at radius 3 is 2.65 bits per heavy atom. The van der Waals surface area contributed by atoms with E-state index in [1.807, 2.05) is 4.40 Å². The minimum Gasteiger partial charge on any atom is -0.465 e. The van der Waals surface area contributed by atoms with Gasteiger partial charge in [-0.3, -0.25) is 4.40 Å². The molecule has 2 aromatic heterocycles. The molecule has 20 heavy (non-hydrogen) atoms. The highest BCUT2D eigenvalue weighted by molar-refractivity contribution is 5.89. The molecular weight excluding hydrogens is 254 g/mol. The zero-order chi connectivity index (χ0) is 14.9. The van der Waals surface area contributed by atoms with Crippen LogP contribution in [0.3, 0.4) is 0 Å². The molecule has 2 rings (SSSR count). The third-order valence-electron chi connectivity index (χ3n) is 3.86. The lowest BCUT2D eigenvalue weighted by Gasteiger charge is -2.26. The smallest absolute Gasteiger partial charge is 0.339 e. The van der Waals surface area contributed by atoms with E-state index in [-0.39, 0.29) is 11.4 Å². The maximum Gasteiger partial charge on any atom is 0.339 e. The van der Waals surface area contributed by atoms with Crippen LogP contribution in [-0.4, -0.2) is 27.7 Å². The molecule has 5 nitrogen and oxygen atoms in total. The van der Waals surface area contributed by atoms with Crippen molar-refractivity contribution in [1.29, 1.82) is 0 Å². The van der Waals surface area contributed by atoms with Crippen molar-refractivity contribution in [3.8, 4) is 0 Å². The van der Waals surface area contributed by atoms with Crippen LogP contribution in [0.4, 0.5) is 0 Å². The number of hydrogen-bond acceptors (Lipinski definition) is 4. The summed E-state index contributed by atoms with van der Waals surface area (Å²) in [6.07, 6.45) is 2.56. The van der Waals surface area contributed by atoms with Crippen LogP contribution in [0, 0.1) is 11.3 Å². The van der Waals surface area contributed by atoms with E-state index < -0.39 is 0 Å². The zero-order valence-electron chi connectivity index (χ0n) is 12.7. The first-order valence-corrected chi connectivity index (χ1v) is 6.75. The number of fused-ring (bicyclic) bond motifs is 1. The lowest BCUT2D eigenvalue weighted by Crippen LogP contribution is -2.20. The summed E-state index contributed by atoms with van der Waals surface area (Å²) in [4.78, 5) is 11.6. The fourth-order valence-electron chi connectivity index (χ4n) is 1.90. The van der Waals surface area contributed by atoms with E-state index in [0.717, 1.165) is 17.9 Å². The van der Waals surface area contributed by atoms with E-state index in [9.17, 15) is 4.79 Å². The third kappa shape index (κ3) is 2.81. The molecular formula is C15H21N3O2. The molecule has 2 heterocycles. The average Bonchev–Trinajstić information content (AvgIpc) is 2.79. The summed E-state index contributed by atoms with van der Waals surface area (Å²) in [5.74, 6) is 0.972. The highest BCUT2D eigenvalue weighted by Crippen LogP contribution is 2.28. The first-order valence-electron chi connectivity index (χ1n) is 6.75. The monoisotopic (exact) mass is 275 g/mol. The molecule has 0 N–H and O–H groups in total. The van der Waals surface area contributed by atoms with Crippen molar-refractivity contribution in [3.05, 3.63) is 29.7 Å². The van der Waals surface area contributed by atoms with Crippen molar-refractivity contribution < 1.29 is 9.53 Å². The second-order valence-corrected chi connectivity index (χ2v) is 6.22. The molecule has 108 valence electrons. The van der Waals surface area contributed by atoms with Crippen LogP contribution in [0.1, 0.15) is 43.9 Å². The summed E-state index contributed by atoms with van der Waals surface area (Å²) in [5, 5.41) is 8.38. The highest BCUT2D eigenvalue weighted by Gasteiger charge is 2.22. The molecule has 0 saturated carbocycles. The average molecular weight is 275 g/mol. The summed E-state index contributed by atoms with van der Waals surface area (Å²) in [6, 6.07) is 3.48. The number of aromatic nitrogens is 3. The Bertz CT molecular complexity index is 626. The first-order chi connectivity index (χ1) is 9.32. The van der Waals surface area contributed by atoms with Crippen molar-refractivity contribution in [3.63, 3.8) is 0 Å². The topological polar surface area (TPSA) is 56.5 Å². The number of rotatable bonds is 3. The summed E-state index contributed by atoms with van der Waals surface area (Å²) in [6.45, 7) is 8.83. The summed E-state index contributed by atoms with van der Waals surface area (Å²) >= 11 is 0. The summed E-state index contributed by atoms with van der Waals surface area (Å²) in [5.41, 5.74) is 1.45. The first kappa shape index (κ1) is 14.5. The number of carbonyl (C=O) groups excluding carboxylic acids is 1. The number of esters is 1. The predicted octanol–water partition coefficient (Wildman–Crippen LogP) is 2.74. The van der Waals surface area contributed by atoms with Gasteiger partial charge in [0.15, 0.2) is 5.65 Å². The number of pyridine rings is 1. The molecule has 1 unspecified atom stereocenters. The normalized spacial score (nSPS) is 13.4. The van der Waals surface area contributed by atoms with Crippen molar-refractivity contribution in [2.45, 2.75) is 34.1 Å². The summed E-state index contributed by atoms with van der Waals surface area (Å²) in [7, 11) is 1.38. The van der Waals surface area contributed by atoms with E-state index >= 15 is 0 Å². The minimum atomic E-state index is -0.351. The van der Waals surface area contributed by atoms with Gasteiger partial charge in [-0.25, -0.2) is 4.79 Å². The Balaban J connectivity index is 2.37. The van der Waals surface area contributed by atoms with Crippen LogP contribution in [0.2, 0.25) is 0 Å². The van der Waals surface area contributed by atoms with Crippen LogP contribution in [0.25, 0.3) is 5.65 Å². The van der Waals surface area contributed by atoms with Gasteiger partial charge in [0, 0.05) is 12.6 Å². The fourth-order valence-corrected chi connectivity index (χ4v) is 1.90. The maximum absolute atomic E-state index is 11.6. The standard InChI is InChI=1S/C15H21N3O2/c1-10(15(2,3)4)8-13-17-16-12-7-6-11(9-18(12)13)14(19)20-5/h6-7,9-10H,8H2,1-5H3. The van der Waals surface area contributed by atoms with Gasteiger partial charge in [-0.2, -0.15) is 0 Å². The lowest BCUT2D eigenvalue weighted by atomic mass is 9.80. The van der Waals surface area contributed by atoms with Gasteiger partial charge in [-0.15, -0.1) is 10.2 Å². The predicted molar refractivity (Wildman–Crippen MR) is 76.6 cm³/mol. The number of ether oxygens (including phenoxy) is 1. The summed E-state index contributed by atoms with van der Waals surface area (Å²) < 4.78 is 6.61. The van der Waals surface area contributed by atoms with Gasteiger partial charge in [-0.05, 0) is 23.5 Å². The zero-order valence-corrected chi connectivity index (χ0v) is 12.7. The van der Waals surface area contributed by atoms with Gasteiger partial charge in [0.05, 0.1) is 12.7 Å². The van der Waals surface area contributed by atoms with E-state index in [2.05, 4.69) is 37.9 Å². The molecule has 0 aliphatic carbocycles. The van der Waals surface area contributed by atoms with Crippen molar-refractivity contribution in [2.75, 3.05) is 7.11 Å². The number of carbonyl (C=O) groups is 1. The van der Waals surface area contributed by atoms with Gasteiger partial charge in [-0.1, -0.05) is 27.7 Å². The molecule has 0 aliphatic heterocycles. The van der Waals surface area contributed by atoms with E-state index in [4.69, 9.17) is 4.74 Å². The Hall–Kier alpha value is -1.91. The molecule has 0 fully saturated rings. The van der Waals surface area contributed by atoms with Gasteiger partial charge in [0.2, 0.25) is 0 Å². The Morgan fingerprint density at radius 1 is 1.35 bits per heavy atom. The molecule has 0 saturated heterocycles. The van der Waals surface area contributed by atoms with E-state index in [1.54, 1.807) is 18.3 Å². The molecule has 2 aromatic rings. The van der Waals surface area contributed by atoms with E-state index in [1.165, 1.54) is 7.11 Å². The van der Waals surface area contributed by atoms with Gasteiger partial charge in [0.1, 0.15) is 5.82 Å². The minimum absolute atomic E-state index is 0.200. The van der Waals surface area contributed by atoms with Crippen LogP contribution >= 0.6 is 0 Å². The van der Waals surface area contributed by atoms with Gasteiger partial charge >= 0.3 is 5.97 Å². The second-order valence-electron chi connectivity index (χ2n) is 6.22. The SMILES string of the molecule is COC(=O)c1ccc2nnc(CC(C)C(C)(C)C)n2c1. The second kappa shape index (κ2) is 5.23. The molecule has 0 aromatic carbocycles. The largest absolute Gasteiger partial charge is 0.465 e. The van der Waals surface area contributed by atoms with Crippen molar-refractivity contribution in [2.24, 2.45) is 11.3 Å². The highest BCUT2D eigenvalue weighted by atomic mass is 16.5. The third-order valence-corrected chi connectivity index (χ3v) is 3.86. The van der Waals surface area contributed by atoms with Crippen molar-refractivity contribution >= 4 is 11.6 Å². The molecule has 0 radical (unpaired) electrons. The number of methoxy groups -OCH3 is 1. The van der Waals surface area contributed by atoms with Gasteiger partial charge < -0.3 is 4.74 Å². The Labute approximate surface area is 119 Å². The van der Waals surface area contributed by atoms with Crippen LogP contribution in [0.15, 0.2) is 18.3 Å². The van der Waals surface area contributed by atoms with Crippen LogP contribution in [0.5, 0.6) is 0 Å². The van der Waals surface area contributed by atoms with Crippen LogP contribution in [-0.2, 0) is 11.2 Å².